The van der Waals surface area contributed by atoms with E-state index in [0.29, 0.717) is 18.9 Å². The number of alkyl halides is 3. The molecule has 2 N–H and O–H groups in total. The van der Waals surface area contributed by atoms with E-state index in [9.17, 15) is 13.2 Å². The van der Waals surface area contributed by atoms with Gasteiger partial charge in [0.05, 0.1) is 6.42 Å². The molecule has 0 radical (unpaired) electrons. The first kappa shape index (κ1) is 17.0. The SMILES string of the molecule is CN=C(NCCCc1nnc2ccccn12)NCCC(F)(F)F. The number of nitrogens with zero attached hydrogens (tertiary/aromatic N) is 4. The van der Waals surface area contributed by atoms with Crippen LogP contribution in [0.5, 0.6) is 0 Å². The van der Waals surface area contributed by atoms with Crippen LogP contribution in [0.3, 0.4) is 0 Å². The van der Waals surface area contributed by atoms with Gasteiger partial charge in [0.1, 0.15) is 5.82 Å². The van der Waals surface area contributed by atoms with Crippen molar-refractivity contribution in [1.82, 2.24) is 25.2 Å². The Balaban J connectivity index is 1.71. The van der Waals surface area contributed by atoms with Gasteiger partial charge in [-0.3, -0.25) is 9.39 Å². The fourth-order valence-corrected chi connectivity index (χ4v) is 2.06. The maximum atomic E-state index is 12.1. The van der Waals surface area contributed by atoms with Crippen LogP contribution in [-0.4, -0.2) is 46.9 Å². The number of hydrogen-bond acceptors (Lipinski definition) is 3. The number of hydrogen-bond donors (Lipinski definition) is 2. The summed E-state index contributed by atoms with van der Waals surface area (Å²) in [6.07, 6.45) is -1.69. The van der Waals surface area contributed by atoms with Crippen molar-refractivity contribution in [3.63, 3.8) is 0 Å². The summed E-state index contributed by atoms with van der Waals surface area (Å²) in [5.41, 5.74) is 0.792. The van der Waals surface area contributed by atoms with Crippen molar-refractivity contribution in [2.75, 3.05) is 20.1 Å². The highest BCUT2D eigenvalue weighted by Gasteiger charge is 2.26. The van der Waals surface area contributed by atoms with E-state index in [1.165, 1.54) is 7.05 Å². The van der Waals surface area contributed by atoms with Crippen LogP contribution in [0.1, 0.15) is 18.7 Å². The molecule has 23 heavy (non-hydrogen) atoms. The topological polar surface area (TPSA) is 66.6 Å². The summed E-state index contributed by atoms with van der Waals surface area (Å²) in [6, 6.07) is 5.68. The number of fused-ring (bicyclic) bond motifs is 1. The summed E-state index contributed by atoms with van der Waals surface area (Å²) in [7, 11) is 1.52. The van der Waals surface area contributed by atoms with Gasteiger partial charge in [0, 0.05) is 32.8 Å². The summed E-state index contributed by atoms with van der Waals surface area (Å²) in [4.78, 5) is 3.89. The van der Waals surface area contributed by atoms with Crippen LogP contribution in [-0.2, 0) is 6.42 Å². The fourth-order valence-electron chi connectivity index (χ4n) is 2.06. The van der Waals surface area contributed by atoms with Crippen LogP contribution in [0.2, 0.25) is 0 Å². The molecule has 2 heterocycles. The minimum Gasteiger partial charge on any atom is -0.356 e. The molecular weight excluding hydrogens is 309 g/mol. The second-order valence-electron chi connectivity index (χ2n) is 4.94. The van der Waals surface area contributed by atoms with E-state index >= 15 is 0 Å². The standard InChI is InChI=1S/C14H19F3N6/c1-18-13(20-9-7-14(15,16)17)19-8-4-6-12-22-21-11-5-2-3-10-23(11)12/h2-3,5,10H,4,6-9H2,1H3,(H2,18,19,20). The molecule has 0 amide bonds. The number of halogens is 3. The van der Waals surface area contributed by atoms with Crippen molar-refractivity contribution < 1.29 is 13.2 Å². The van der Waals surface area contributed by atoms with Crippen molar-refractivity contribution in [3.8, 4) is 0 Å². The third kappa shape index (κ3) is 5.42. The molecule has 0 atom stereocenters. The Bertz CT molecular complexity index is 649. The number of guanidine groups is 1. The normalized spacial score (nSPS) is 12.6. The largest absolute Gasteiger partial charge is 0.390 e. The van der Waals surface area contributed by atoms with Gasteiger partial charge in [0.15, 0.2) is 11.6 Å². The Kier molecular flexibility index (Phi) is 5.78. The van der Waals surface area contributed by atoms with Crippen molar-refractivity contribution >= 4 is 11.6 Å². The number of aryl methyl sites for hydroxylation is 1. The van der Waals surface area contributed by atoms with Crippen LogP contribution >= 0.6 is 0 Å². The zero-order valence-electron chi connectivity index (χ0n) is 12.8. The maximum Gasteiger partial charge on any atom is 0.390 e. The van der Waals surface area contributed by atoms with Crippen molar-refractivity contribution in [3.05, 3.63) is 30.2 Å². The molecule has 0 aliphatic heterocycles. The monoisotopic (exact) mass is 328 g/mol. The Morgan fingerprint density at radius 2 is 2.00 bits per heavy atom. The van der Waals surface area contributed by atoms with Crippen LogP contribution in [0.4, 0.5) is 13.2 Å². The molecule has 0 spiro atoms. The molecule has 0 saturated carbocycles. The van der Waals surface area contributed by atoms with E-state index in [0.717, 1.165) is 17.9 Å². The van der Waals surface area contributed by atoms with Gasteiger partial charge in [-0.05, 0) is 18.6 Å². The van der Waals surface area contributed by atoms with Gasteiger partial charge < -0.3 is 10.6 Å². The minimum absolute atomic E-state index is 0.196. The molecule has 0 aliphatic carbocycles. The molecule has 0 bridgehead atoms. The molecule has 2 rings (SSSR count). The van der Waals surface area contributed by atoms with Gasteiger partial charge in [-0.15, -0.1) is 10.2 Å². The highest BCUT2D eigenvalue weighted by atomic mass is 19.4. The van der Waals surface area contributed by atoms with Crippen LogP contribution in [0.25, 0.3) is 5.65 Å². The number of aromatic nitrogens is 3. The van der Waals surface area contributed by atoms with Gasteiger partial charge >= 0.3 is 6.18 Å². The van der Waals surface area contributed by atoms with Crippen LogP contribution in [0, 0.1) is 0 Å². The van der Waals surface area contributed by atoms with E-state index < -0.39 is 12.6 Å². The van der Waals surface area contributed by atoms with Gasteiger partial charge in [-0.1, -0.05) is 6.07 Å². The van der Waals surface area contributed by atoms with E-state index in [1.807, 2.05) is 28.8 Å². The highest BCUT2D eigenvalue weighted by Crippen LogP contribution is 2.17. The summed E-state index contributed by atoms with van der Waals surface area (Å²) in [5, 5.41) is 13.8. The van der Waals surface area contributed by atoms with Crippen LogP contribution < -0.4 is 10.6 Å². The zero-order valence-corrected chi connectivity index (χ0v) is 12.8. The predicted octanol–water partition coefficient (Wildman–Crippen LogP) is 1.78. The molecule has 0 unspecified atom stereocenters. The lowest BCUT2D eigenvalue weighted by Crippen LogP contribution is -2.39. The number of pyridine rings is 1. The summed E-state index contributed by atoms with van der Waals surface area (Å²) in [5.74, 6) is 1.21. The molecular formula is C14H19F3N6. The van der Waals surface area contributed by atoms with Gasteiger partial charge in [0.25, 0.3) is 0 Å². The Labute approximate surface area is 131 Å². The Morgan fingerprint density at radius 1 is 1.22 bits per heavy atom. The molecule has 6 nitrogen and oxygen atoms in total. The maximum absolute atomic E-state index is 12.1. The molecule has 2 aromatic heterocycles. The second-order valence-corrected chi connectivity index (χ2v) is 4.94. The van der Waals surface area contributed by atoms with Gasteiger partial charge in [-0.2, -0.15) is 13.2 Å². The second kappa shape index (κ2) is 7.80. The third-order valence-electron chi connectivity index (χ3n) is 3.18. The number of aliphatic imine (C=N–C) groups is 1. The first-order valence-corrected chi connectivity index (χ1v) is 7.29. The summed E-state index contributed by atoms with van der Waals surface area (Å²) in [6.45, 7) is 0.380. The summed E-state index contributed by atoms with van der Waals surface area (Å²) >= 11 is 0. The van der Waals surface area contributed by atoms with Crippen LogP contribution in [0.15, 0.2) is 29.4 Å². The lowest BCUT2D eigenvalue weighted by Gasteiger charge is -2.12. The summed E-state index contributed by atoms with van der Waals surface area (Å²) < 4.78 is 38.2. The fraction of sp³-hybridized carbons (Fsp3) is 0.500. The molecule has 126 valence electrons. The van der Waals surface area contributed by atoms with Crippen molar-refractivity contribution in [1.29, 1.82) is 0 Å². The number of nitrogens with one attached hydrogen (secondary N) is 2. The first-order chi connectivity index (χ1) is 11.0. The quantitative estimate of drug-likeness (QED) is 0.482. The lowest BCUT2D eigenvalue weighted by molar-refractivity contribution is -0.132. The molecule has 0 aromatic carbocycles. The average molecular weight is 328 g/mol. The zero-order chi connectivity index (χ0) is 16.7. The van der Waals surface area contributed by atoms with Gasteiger partial charge in [0.2, 0.25) is 0 Å². The van der Waals surface area contributed by atoms with Gasteiger partial charge in [-0.25, -0.2) is 0 Å². The molecule has 9 heteroatoms. The first-order valence-electron chi connectivity index (χ1n) is 7.29. The third-order valence-corrected chi connectivity index (χ3v) is 3.18. The Morgan fingerprint density at radius 3 is 2.74 bits per heavy atom. The molecule has 2 aromatic rings. The van der Waals surface area contributed by atoms with E-state index in [-0.39, 0.29) is 6.54 Å². The van der Waals surface area contributed by atoms with E-state index in [2.05, 4.69) is 25.8 Å². The smallest absolute Gasteiger partial charge is 0.356 e. The lowest BCUT2D eigenvalue weighted by atomic mass is 10.3. The predicted molar refractivity (Wildman–Crippen MR) is 81.3 cm³/mol. The molecule has 0 aliphatic rings. The van der Waals surface area contributed by atoms with Crippen molar-refractivity contribution in [2.45, 2.75) is 25.4 Å². The van der Waals surface area contributed by atoms with E-state index in [1.54, 1.807) is 0 Å². The molecule has 0 saturated heterocycles. The molecule has 0 fully saturated rings. The van der Waals surface area contributed by atoms with Crippen molar-refractivity contribution in [2.24, 2.45) is 4.99 Å². The van der Waals surface area contributed by atoms with E-state index in [4.69, 9.17) is 0 Å². The highest BCUT2D eigenvalue weighted by molar-refractivity contribution is 5.79. The minimum atomic E-state index is -4.17. The average Bonchev–Trinajstić information content (AvgIpc) is 2.92. The Hall–Kier alpha value is -2.32. The number of rotatable bonds is 6.